The molecule has 0 saturated carbocycles. The first kappa shape index (κ1) is 9.59. The lowest BCUT2D eigenvalue weighted by Gasteiger charge is -1.99. The van der Waals surface area contributed by atoms with Gasteiger partial charge in [0, 0.05) is 10.9 Å². The average Bonchev–Trinajstić information content (AvgIpc) is 2.54. The van der Waals surface area contributed by atoms with E-state index in [2.05, 4.69) is 12.6 Å². The normalized spacial score (nSPS) is 11.3. The molecule has 0 atom stereocenters. The van der Waals surface area contributed by atoms with Crippen molar-refractivity contribution in [3.8, 4) is 0 Å². The van der Waals surface area contributed by atoms with Gasteiger partial charge in [-0.15, -0.1) is 0 Å². The highest BCUT2D eigenvalue weighted by Gasteiger charge is 2.09. The number of allylic oxidation sites excluding steroid dienone is 1. The van der Waals surface area contributed by atoms with Crippen molar-refractivity contribution in [1.82, 2.24) is 4.68 Å². The summed E-state index contributed by atoms with van der Waals surface area (Å²) in [6.07, 6.45) is 5.82. The quantitative estimate of drug-likeness (QED) is 0.739. The van der Waals surface area contributed by atoms with Crippen molar-refractivity contribution < 1.29 is 0 Å². The van der Waals surface area contributed by atoms with Crippen LogP contribution in [0.3, 0.4) is 0 Å². The Morgan fingerprint density at radius 2 is 2.07 bits per heavy atom. The van der Waals surface area contributed by atoms with E-state index in [1.807, 2.05) is 43.4 Å². The molecular weight excluding hydrogens is 184 g/mol. The molecule has 0 radical (unpaired) electrons. The summed E-state index contributed by atoms with van der Waals surface area (Å²) in [6, 6.07) is 8.06. The van der Waals surface area contributed by atoms with Crippen LogP contribution in [0.15, 0.2) is 36.9 Å². The lowest BCUT2D eigenvalue weighted by atomic mass is 10.1. The third-order valence-corrected chi connectivity index (χ3v) is 2.52. The molecule has 2 N–H and O–H groups in total. The lowest BCUT2D eigenvalue weighted by molar-refractivity contribution is 1.05. The van der Waals surface area contributed by atoms with Gasteiger partial charge in [0.1, 0.15) is 0 Å². The van der Waals surface area contributed by atoms with Crippen molar-refractivity contribution in [1.29, 1.82) is 0 Å². The number of fused-ring (bicyclic) bond motifs is 1. The van der Waals surface area contributed by atoms with E-state index in [4.69, 9.17) is 5.84 Å². The SMILES string of the molecule is C=Cc1c(/C=C\C)n(N)c2ccccc12. The molecule has 0 aliphatic rings. The predicted octanol–water partition coefficient (Wildman–Crippen LogP) is 3.03. The summed E-state index contributed by atoms with van der Waals surface area (Å²) in [4.78, 5) is 0. The minimum atomic E-state index is 0.994. The summed E-state index contributed by atoms with van der Waals surface area (Å²) in [5.74, 6) is 6.02. The number of nitrogen functional groups attached to an aromatic ring is 1. The molecule has 2 rings (SSSR count). The molecule has 2 heteroatoms. The maximum absolute atomic E-state index is 6.02. The minimum Gasteiger partial charge on any atom is -0.339 e. The number of nitrogens with two attached hydrogens (primary N) is 1. The van der Waals surface area contributed by atoms with Crippen LogP contribution in [0.25, 0.3) is 23.1 Å². The van der Waals surface area contributed by atoms with Crippen molar-refractivity contribution in [3.05, 3.63) is 48.2 Å². The maximum Gasteiger partial charge on any atom is 0.0703 e. The van der Waals surface area contributed by atoms with Crippen LogP contribution >= 0.6 is 0 Å². The highest BCUT2D eigenvalue weighted by molar-refractivity contribution is 5.93. The van der Waals surface area contributed by atoms with E-state index in [9.17, 15) is 0 Å². The Morgan fingerprint density at radius 3 is 2.73 bits per heavy atom. The number of nitrogens with zero attached hydrogens (tertiary/aromatic N) is 1. The zero-order valence-electron chi connectivity index (χ0n) is 8.77. The van der Waals surface area contributed by atoms with Crippen LogP contribution in [0.1, 0.15) is 18.2 Å². The molecule has 0 aliphatic heterocycles. The molecule has 2 aromatic rings. The lowest BCUT2D eigenvalue weighted by Crippen LogP contribution is -2.09. The highest BCUT2D eigenvalue weighted by Crippen LogP contribution is 2.26. The van der Waals surface area contributed by atoms with E-state index < -0.39 is 0 Å². The van der Waals surface area contributed by atoms with Crippen molar-refractivity contribution >= 4 is 23.1 Å². The van der Waals surface area contributed by atoms with Gasteiger partial charge >= 0.3 is 0 Å². The van der Waals surface area contributed by atoms with Crippen molar-refractivity contribution in [2.45, 2.75) is 6.92 Å². The van der Waals surface area contributed by atoms with Gasteiger partial charge in [-0.2, -0.15) is 0 Å². The molecule has 0 amide bonds. The third-order valence-electron chi connectivity index (χ3n) is 2.52. The smallest absolute Gasteiger partial charge is 0.0703 e. The number of hydrogen-bond acceptors (Lipinski definition) is 1. The van der Waals surface area contributed by atoms with Crippen LogP contribution in [0.5, 0.6) is 0 Å². The van der Waals surface area contributed by atoms with Crippen LogP contribution in [0.4, 0.5) is 0 Å². The Balaban J connectivity index is 2.89. The third kappa shape index (κ3) is 1.34. The first-order valence-corrected chi connectivity index (χ1v) is 4.93. The molecule has 0 spiro atoms. The molecule has 0 aliphatic carbocycles. The summed E-state index contributed by atoms with van der Waals surface area (Å²) in [5.41, 5.74) is 3.11. The summed E-state index contributed by atoms with van der Waals surface area (Å²) in [7, 11) is 0. The molecule has 2 nitrogen and oxygen atoms in total. The Labute approximate surface area is 89.3 Å². The highest BCUT2D eigenvalue weighted by atomic mass is 15.3. The van der Waals surface area contributed by atoms with E-state index in [1.54, 1.807) is 4.68 Å². The second kappa shape index (κ2) is 3.65. The average molecular weight is 198 g/mol. The number of para-hydroxylation sites is 1. The molecule has 15 heavy (non-hydrogen) atoms. The number of aromatic nitrogens is 1. The molecule has 0 saturated heterocycles. The first-order valence-electron chi connectivity index (χ1n) is 4.93. The molecule has 0 unspecified atom stereocenters. The van der Waals surface area contributed by atoms with Gasteiger partial charge in [0.05, 0.1) is 11.2 Å². The fraction of sp³-hybridized carbons (Fsp3) is 0.0769. The maximum atomic E-state index is 6.02. The fourth-order valence-corrected chi connectivity index (χ4v) is 1.85. The zero-order chi connectivity index (χ0) is 10.8. The Kier molecular flexibility index (Phi) is 2.34. The van der Waals surface area contributed by atoms with Crippen LogP contribution in [0, 0.1) is 0 Å². The van der Waals surface area contributed by atoms with Gasteiger partial charge in [0.2, 0.25) is 0 Å². The monoisotopic (exact) mass is 198 g/mol. The molecule has 1 aromatic heterocycles. The summed E-state index contributed by atoms with van der Waals surface area (Å²) in [6.45, 7) is 5.81. The number of hydrogen-bond donors (Lipinski definition) is 1. The van der Waals surface area contributed by atoms with Crippen molar-refractivity contribution in [3.63, 3.8) is 0 Å². The second-order valence-corrected chi connectivity index (χ2v) is 3.39. The second-order valence-electron chi connectivity index (χ2n) is 3.39. The molecule has 0 fully saturated rings. The van der Waals surface area contributed by atoms with E-state index in [-0.39, 0.29) is 0 Å². The van der Waals surface area contributed by atoms with E-state index in [0.717, 1.165) is 22.2 Å². The standard InChI is InChI=1S/C13H14N2/c1-3-7-12-10(4-2)11-8-5-6-9-13(11)15(12)14/h3-9H,2,14H2,1H3/b7-3-. The number of benzene rings is 1. The van der Waals surface area contributed by atoms with Gasteiger partial charge < -0.3 is 5.84 Å². The Hall–Kier alpha value is -1.96. The van der Waals surface area contributed by atoms with Crippen LogP contribution < -0.4 is 5.84 Å². The molecular formula is C13H14N2. The van der Waals surface area contributed by atoms with Crippen molar-refractivity contribution in [2.24, 2.45) is 0 Å². The van der Waals surface area contributed by atoms with Crippen LogP contribution in [0.2, 0.25) is 0 Å². The van der Waals surface area contributed by atoms with E-state index in [0.29, 0.717) is 0 Å². The van der Waals surface area contributed by atoms with Gasteiger partial charge in [-0.05, 0) is 19.1 Å². The molecule has 0 bridgehead atoms. The van der Waals surface area contributed by atoms with Gasteiger partial charge in [-0.1, -0.05) is 36.9 Å². The molecule has 76 valence electrons. The van der Waals surface area contributed by atoms with Crippen molar-refractivity contribution in [2.75, 3.05) is 5.84 Å². The van der Waals surface area contributed by atoms with Crippen LogP contribution in [-0.2, 0) is 0 Å². The first-order chi connectivity index (χ1) is 7.29. The summed E-state index contributed by atoms with van der Waals surface area (Å²) >= 11 is 0. The largest absolute Gasteiger partial charge is 0.339 e. The summed E-state index contributed by atoms with van der Waals surface area (Å²) < 4.78 is 1.70. The number of rotatable bonds is 2. The predicted molar refractivity (Wildman–Crippen MR) is 66.9 cm³/mol. The van der Waals surface area contributed by atoms with Crippen LogP contribution in [-0.4, -0.2) is 4.68 Å². The Bertz CT molecular complexity index is 533. The molecule has 1 heterocycles. The van der Waals surface area contributed by atoms with E-state index in [1.165, 1.54) is 0 Å². The van der Waals surface area contributed by atoms with E-state index >= 15 is 0 Å². The van der Waals surface area contributed by atoms with Gasteiger partial charge in [-0.25, -0.2) is 0 Å². The Morgan fingerprint density at radius 1 is 1.33 bits per heavy atom. The van der Waals surface area contributed by atoms with Gasteiger partial charge in [0.25, 0.3) is 0 Å². The zero-order valence-corrected chi connectivity index (χ0v) is 8.77. The topological polar surface area (TPSA) is 30.9 Å². The molecule has 1 aromatic carbocycles. The van der Waals surface area contributed by atoms with Gasteiger partial charge in [0.15, 0.2) is 0 Å². The fourth-order valence-electron chi connectivity index (χ4n) is 1.85. The minimum absolute atomic E-state index is 0.994. The van der Waals surface area contributed by atoms with Gasteiger partial charge in [-0.3, -0.25) is 4.68 Å². The summed E-state index contributed by atoms with van der Waals surface area (Å²) in [5, 5.41) is 1.14.